The van der Waals surface area contributed by atoms with Crippen molar-refractivity contribution in [2.24, 2.45) is 0 Å². The van der Waals surface area contributed by atoms with Crippen molar-refractivity contribution in [1.29, 1.82) is 0 Å². The third-order valence-corrected chi connectivity index (χ3v) is 6.09. The summed E-state index contributed by atoms with van der Waals surface area (Å²) in [7, 11) is -3.77. The fraction of sp³-hybridized carbons (Fsp3) is 0.421. The molecule has 8 nitrogen and oxygen atoms in total. The van der Waals surface area contributed by atoms with E-state index in [9.17, 15) is 14.7 Å². The molecule has 152 valence electrons. The lowest BCUT2D eigenvalue weighted by Crippen LogP contribution is -2.20. The second-order valence-corrected chi connectivity index (χ2v) is 8.93. The minimum atomic E-state index is -3.77. The molecule has 0 spiro atoms. The quantitative estimate of drug-likeness (QED) is 0.335. The van der Waals surface area contributed by atoms with Crippen molar-refractivity contribution >= 4 is 19.1 Å². The molecule has 0 bridgehead atoms. The van der Waals surface area contributed by atoms with Gasteiger partial charge < -0.3 is 14.4 Å². The fourth-order valence-electron chi connectivity index (χ4n) is 2.65. The van der Waals surface area contributed by atoms with Crippen LogP contribution in [0.25, 0.3) is 0 Å². The molecule has 2 rings (SSSR count). The van der Waals surface area contributed by atoms with Crippen molar-refractivity contribution in [2.45, 2.75) is 52.6 Å². The van der Waals surface area contributed by atoms with Gasteiger partial charge in [0.2, 0.25) is 0 Å². The van der Waals surface area contributed by atoms with Crippen LogP contribution in [0.1, 0.15) is 44.7 Å². The van der Waals surface area contributed by atoms with E-state index in [0.29, 0.717) is 11.4 Å². The first-order chi connectivity index (χ1) is 13.1. The van der Waals surface area contributed by atoms with E-state index >= 15 is 0 Å². The minimum absolute atomic E-state index is 0.109. The van der Waals surface area contributed by atoms with Gasteiger partial charge in [-0.3, -0.25) is 14.7 Å². The lowest BCUT2D eigenvalue weighted by molar-refractivity contribution is -0.384. The van der Waals surface area contributed by atoms with Gasteiger partial charge in [0.15, 0.2) is 5.78 Å². The highest BCUT2D eigenvalue weighted by atomic mass is 31.2. The summed E-state index contributed by atoms with van der Waals surface area (Å²) >= 11 is 0. The number of non-ortho nitro benzene ring substituents is 1. The summed E-state index contributed by atoms with van der Waals surface area (Å²) in [6.45, 7) is 8.86. The molecular weight excluding hydrogens is 381 g/mol. The summed E-state index contributed by atoms with van der Waals surface area (Å²) in [5.41, 5.74) is 1.08. The maximum Gasteiger partial charge on any atom is 0.357 e. The lowest BCUT2D eigenvalue weighted by atomic mass is 10.2. The van der Waals surface area contributed by atoms with E-state index in [1.165, 1.54) is 12.1 Å². The molecule has 0 saturated heterocycles. The van der Waals surface area contributed by atoms with Crippen LogP contribution in [0.2, 0.25) is 0 Å². The fourth-order valence-corrected chi connectivity index (χ4v) is 4.94. The van der Waals surface area contributed by atoms with Crippen LogP contribution in [0.15, 0.2) is 42.5 Å². The predicted molar refractivity (Wildman–Crippen MR) is 108 cm³/mol. The normalized spacial score (nSPS) is 13.0. The average molecular weight is 407 g/mol. The summed E-state index contributed by atoms with van der Waals surface area (Å²) in [4.78, 5) is 15.1. The van der Waals surface area contributed by atoms with E-state index in [2.05, 4.69) is 10.3 Å². The van der Waals surface area contributed by atoms with E-state index in [1.807, 2.05) is 19.1 Å². The second kappa shape index (κ2) is 9.28. The van der Waals surface area contributed by atoms with Gasteiger partial charge >= 0.3 is 7.60 Å². The zero-order chi connectivity index (χ0) is 20.9. The Morgan fingerprint density at radius 2 is 1.68 bits per heavy atom. The number of nitro benzene ring substituents is 1. The number of benzene rings is 1. The monoisotopic (exact) mass is 407 g/mol. The summed E-state index contributed by atoms with van der Waals surface area (Å²) in [5, 5.41) is 14.3. The third-order valence-electron chi connectivity index (χ3n) is 3.60. The number of nitro groups is 1. The van der Waals surface area contributed by atoms with E-state index in [4.69, 9.17) is 9.05 Å². The van der Waals surface area contributed by atoms with Crippen LogP contribution in [0.5, 0.6) is 0 Å². The third kappa shape index (κ3) is 5.86. The zero-order valence-corrected chi connectivity index (χ0v) is 17.6. The molecule has 1 heterocycles. The highest BCUT2D eigenvalue weighted by Gasteiger charge is 2.40. The second-order valence-electron chi connectivity index (χ2n) is 6.91. The number of hydrogen-bond donors (Lipinski definition) is 1. The number of rotatable bonds is 9. The molecule has 0 fully saturated rings. The van der Waals surface area contributed by atoms with Crippen LogP contribution in [0, 0.1) is 17.0 Å². The zero-order valence-electron chi connectivity index (χ0n) is 16.7. The number of hydrogen-bond acceptors (Lipinski definition) is 7. The molecule has 1 aromatic heterocycles. The Balaban J connectivity index is 2.57. The Kier molecular flexibility index (Phi) is 7.29. The molecule has 1 unspecified atom stereocenters. The van der Waals surface area contributed by atoms with Gasteiger partial charge in [0.1, 0.15) is 5.82 Å². The molecule has 0 aliphatic carbocycles. The topological polar surface area (TPSA) is 104 Å². The molecule has 0 saturated carbocycles. The number of aromatic nitrogens is 1. The van der Waals surface area contributed by atoms with Gasteiger partial charge in [-0.05, 0) is 52.3 Å². The van der Waals surface area contributed by atoms with E-state index in [-0.39, 0.29) is 17.9 Å². The molecule has 0 aliphatic heterocycles. The Bertz CT molecular complexity index is 858. The molecule has 28 heavy (non-hydrogen) atoms. The van der Waals surface area contributed by atoms with Gasteiger partial charge in [-0.1, -0.05) is 18.2 Å². The SMILES string of the molecule is Cc1cccc(NC(c2cccc([N+](=O)[O-])c2)P(=O)(OC(C)C)OC(C)C)n1. The molecular formula is C19H26N3O5P. The Morgan fingerprint density at radius 1 is 1.07 bits per heavy atom. The van der Waals surface area contributed by atoms with E-state index < -0.39 is 18.3 Å². The van der Waals surface area contributed by atoms with Gasteiger partial charge in [-0.2, -0.15) is 0 Å². The van der Waals surface area contributed by atoms with Crippen molar-refractivity contribution in [1.82, 2.24) is 4.98 Å². The summed E-state index contributed by atoms with van der Waals surface area (Å²) in [5.74, 6) is -0.497. The largest absolute Gasteiger partial charge is 0.357 e. The summed E-state index contributed by atoms with van der Waals surface area (Å²) in [6, 6.07) is 11.3. The van der Waals surface area contributed by atoms with Crippen LogP contribution in [0.4, 0.5) is 11.5 Å². The molecule has 9 heteroatoms. The number of pyridine rings is 1. The number of nitrogens with zero attached hydrogens (tertiary/aromatic N) is 2. The highest BCUT2D eigenvalue weighted by molar-refractivity contribution is 7.54. The Labute approximate surface area is 165 Å². The molecule has 1 N–H and O–H groups in total. The van der Waals surface area contributed by atoms with Crippen molar-refractivity contribution in [2.75, 3.05) is 5.32 Å². The van der Waals surface area contributed by atoms with Crippen molar-refractivity contribution in [3.05, 3.63) is 63.8 Å². The van der Waals surface area contributed by atoms with Crippen LogP contribution >= 0.6 is 7.60 Å². The number of anilines is 1. The Hall–Kier alpha value is -2.28. The standard InChI is InChI=1S/C19H26N3O5P/c1-13(2)26-28(25,27-14(3)4)19(21-18-11-6-8-15(5)20-18)16-9-7-10-17(12-16)22(23)24/h6-14,19H,1-5H3,(H,20,21). The number of nitrogens with one attached hydrogen (secondary N) is 1. The van der Waals surface area contributed by atoms with Gasteiger partial charge in [0.05, 0.1) is 17.1 Å². The first-order valence-electron chi connectivity index (χ1n) is 9.02. The molecule has 1 atom stereocenters. The summed E-state index contributed by atoms with van der Waals surface area (Å²) in [6.07, 6.45) is -0.754. The lowest BCUT2D eigenvalue weighted by Gasteiger charge is -2.31. The minimum Gasteiger partial charge on any atom is -0.353 e. The van der Waals surface area contributed by atoms with Gasteiger partial charge in [-0.25, -0.2) is 4.98 Å². The van der Waals surface area contributed by atoms with Gasteiger partial charge in [0.25, 0.3) is 5.69 Å². The van der Waals surface area contributed by atoms with Crippen LogP contribution in [-0.2, 0) is 13.6 Å². The highest BCUT2D eigenvalue weighted by Crippen LogP contribution is 2.62. The Morgan fingerprint density at radius 3 is 2.21 bits per heavy atom. The molecule has 2 aromatic rings. The summed E-state index contributed by atoms with van der Waals surface area (Å²) < 4.78 is 25.3. The first-order valence-corrected chi connectivity index (χ1v) is 10.6. The van der Waals surface area contributed by atoms with E-state index in [0.717, 1.165) is 5.69 Å². The van der Waals surface area contributed by atoms with Crippen LogP contribution < -0.4 is 5.32 Å². The molecule has 0 amide bonds. The van der Waals surface area contributed by atoms with Crippen molar-refractivity contribution < 1.29 is 18.5 Å². The molecule has 1 aromatic carbocycles. The smallest absolute Gasteiger partial charge is 0.353 e. The van der Waals surface area contributed by atoms with Crippen LogP contribution in [0.3, 0.4) is 0 Å². The maximum atomic E-state index is 13.8. The van der Waals surface area contributed by atoms with Gasteiger partial charge in [-0.15, -0.1) is 0 Å². The van der Waals surface area contributed by atoms with Gasteiger partial charge in [0, 0.05) is 17.8 Å². The number of aryl methyl sites for hydroxylation is 1. The van der Waals surface area contributed by atoms with E-state index in [1.54, 1.807) is 45.9 Å². The molecule has 0 radical (unpaired) electrons. The predicted octanol–water partition coefficient (Wildman–Crippen LogP) is 5.45. The first kappa shape index (κ1) is 22.0. The van der Waals surface area contributed by atoms with Crippen molar-refractivity contribution in [3.8, 4) is 0 Å². The maximum absolute atomic E-state index is 13.8. The van der Waals surface area contributed by atoms with Crippen molar-refractivity contribution in [3.63, 3.8) is 0 Å². The average Bonchev–Trinajstić information content (AvgIpc) is 2.58. The van der Waals surface area contributed by atoms with Crippen LogP contribution in [-0.4, -0.2) is 22.1 Å². The molecule has 0 aliphatic rings.